The summed E-state index contributed by atoms with van der Waals surface area (Å²) in [7, 11) is 0. The highest BCUT2D eigenvalue weighted by Crippen LogP contribution is 2.24. The van der Waals surface area contributed by atoms with Crippen LogP contribution in [-0.4, -0.2) is 24.6 Å². The van der Waals surface area contributed by atoms with Crippen LogP contribution in [0.15, 0.2) is 67.8 Å². The lowest BCUT2D eigenvalue weighted by Crippen LogP contribution is -2.15. The zero-order valence-corrected chi connectivity index (χ0v) is 15.1. The summed E-state index contributed by atoms with van der Waals surface area (Å²) >= 11 is 4.67. The number of fused-ring (bicyclic) bond motifs is 1. The van der Waals surface area contributed by atoms with Gasteiger partial charge in [0.2, 0.25) is 5.89 Å². The van der Waals surface area contributed by atoms with E-state index in [9.17, 15) is 4.79 Å². The molecule has 4 aromatic heterocycles. The molecule has 0 unspecified atom stereocenters. The summed E-state index contributed by atoms with van der Waals surface area (Å²) in [5, 5.41) is 8.43. The van der Waals surface area contributed by atoms with E-state index in [4.69, 9.17) is 4.42 Å². The molecule has 4 heterocycles. The number of rotatable bonds is 4. The minimum atomic E-state index is -0.136. The molecule has 0 amide bonds. The van der Waals surface area contributed by atoms with E-state index in [2.05, 4.69) is 36.1 Å². The Morgan fingerprint density at radius 2 is 2.16 bits per heavy atom. The van der Waals surface area contributed by atoms with Gasteiger partial charge in [-0.3, -0.25) is 14.2 Å². The fourth-order valence-electron chi connectivity index (χ4n) is 2.21. The average molecular weight is 416 g/mol. The van der Waals surface area contributed by atoms with Gasteiger partial charge in [-0.2, -0.15) is 0 Å². The summed E-state index contributed by atoms with van der Waals surface area (Å²) in [4.78, 5) is 20.7. The van der Waals surface area contributed by atoms with Crippen LogP contribution in [0.5, 0.6) is 0 Å². The summed E-state index contributed by atoms with van der Waals surface area (Å²) in [5.41, 5.74) is 1.87. The first kappa shape index (κ1) is 16.0. The summed E-state index contributed by atoms with van der Waals surface area (Å²) in [6.45, 7) is 0. The molecule has 0 aromatic carbocycles. The van der Waals surface area contributed by atoms with Gasteiger partial charge in [-0.1, -0.05) is 11.8 Å². The lowest BCUT2D eigenvalue weighted by Gasteiger charge is -2.03. The van der Waals surface area contributed by atoms with E-state index >= 15 is 0 Å². The van der Waals surface area contributed by atoms with Crippen molar-refractivity contribution in [1.82, 2.24) is 24.6 Å². The third kappa shape index (κ3) is 3.47. The smallest absolute Gasteiger partial charge is 0.277 e. The van der Waals surface area contributed by atoms with Gasteiger partial charge < -0.3 is 4.42 Å². The van der Waals surface area contributed by atoms with E-state index in [0.717, 1.165) is 10.0 Å². The lowest BCUT2D eigenvalue weighted by atomic mass is 10.3. The molecule has 9 heteroatoms. The Kier molecular flexibility index (Phi) is 4.33. The van der Waals surface area contributed by atoms with E-state index < -0.39 is 0 Å². The average Bonchev–Trinajstić information content (AvgIpc) is 3.10. The monoisotopic (exact) mass is 415 g/mol. The van der Waals surface area contributed by atoms with Crippen LogP contribution >= 0.6 is 27.7 Å². The van der Waals surface area contributed by atoms with Crippen LogP contribution in [0.3, 0.4) is 0 Å². The first-order valence-corrected chi connectivity index (χ1v) is 9.01. The molecule has 0 N–H and O–H groups in total. The van der Waals surface area contributed by atoms with Crippen LogP contribution in [0.2, 0.25) is 0 Å². The van der Waals surface area contributed by atoms with Crippen molar-refractivity contribution in [3.05, 3.63) is 69.4 Å². The van der Waals surface area contributed by atoms with Gasteiger partial charge in [0.25, 0.3) is 10.8 Å². The SMILES string of the molecule is O=c1cc(CSc2nnc(-c3cccnc3)o2)nc2ccc(Br)cn12. The maximum atomic E-state index is 12.2. The molecule has 0 atom stereocenters. The predicted octanol–water partition coefficient (Wildman–Crippen LogP) is 3.19. The third-order valence-corrected chi connectivity index (χ3v) is 4.66. The standard InChI is InChI=1S/C16H10BrN5O2S/c17-11-3-4-13-19-12(6-14(23)22(13)8-11)9-25-16-21-20-15(24-16)10-2-1-5-18-7-10/h1-8H,9H2. The zero-order chi connectivity index (χ0) is 17.2. The fraction of sp³-hybridized carbons (Fsp3) is 0.0625. The molecule has 4 aromatic rings. The lowest BCUT2D eigenvalue weighted by molar-refractivity contribution is 0.465. The topological polar surface area (TPSA) is 86.2 Å². The normalized spacial score (nSPS) is 11.1. The second kappa shape index (κ2) is 6.77. The molecule has 0 spiro atoms. The molecular weight excluding hydrogens is 406 g/mol. The van der Waals surface area contributed by atoms with Crippen molar-refractivity contribution in [2.75, 3.05) is 0 Å². The van der Waals surface area contributed by atoms with Gasteiger partial charge in [-0.25, -0.2) is 4.98 Å². The minimum Gasteiger partial charge on any atom is -0.411 e. The Morgan fingerprint density at radius 3 is 3.00 bits per heavy atom. The molecule has 0 aliphatic carbocycles. The van der Waals surface area contributed by atoms with Gasteiger partial charge >= 0.3 is 0 Å². The summed E-state index contributed by atoms with van der Waals surface area (Å²) in [6, 6.07) is 8.78. The quantitative estimate of drug-likeness (QED) is 0.473. The highest BCUT2D eigenvalue weighted by molar-refractivity contribution is 9.10. The number of aromatic nitrogens is 5. The van der Waals surface area contributed by atoms with Gasteiger partial charge in [0, 0.05) is 34.9 Å². The minimum absolute atomic E-state index is 0.136. The summed E-state index contributed by atoms with van der Waals surface area (Å²) in [6.07, 6.45) is 5.03. The van der Waals surface area contributed by atoms with Crippen molar-refractivity contribution in [2.24, 2.45) is 0 Å². The molecular formula is C16H10BrN5O2S. The maximum Gasteiger partial charge on any atom is 0.277 e. The zero-order valence-electron chi connectivity index (χ0n) is 12.7. The number of hydrogen-bond donors (Lipinski definition) is 0. The number of pyridine rings is 2. The first-order valence-electron chi connectivity index (χ1n) is 7.23. The summed E-state index contributed by atoms with van der Waals surface area (Å²) in [5.74, 6) is 0.864. The molecule has 0 aliphatic rings. The molecule has 0 saturated carbocycles. The maximum absolute atomic E-state index is 12.2. The van der Waals surface area contributed by atoms with Crippen LogP contribution in [0.4, 0.5) is 0 Å². The van der Waals surface area contributed by atoms with Gasteiger partial charge in [-0.15, -0.1) is 10.2 Å². The second-order valence-corrected chi connectivity index (χ2v) is 6.91. The van der Waals surface area contributed by atoms with Gasteiger partial charge in [0.05, 0.1) is 11.3 Å². The highest BCUT2D eigenvalue weighted by atomic mass is 79.9. The molecule has 0 fully saturated rings. The van der Waals surface area contributed by atoms with E-state index in [1.54, 1.807) is 30.7 Å². The third-order valence-electron chi connectivity index (χ3n) is 3.34. The number of nitrogens with zero attached hydrogens (tertiary/aromatic N) is 5. The number of halogens is 1. The first-order chi connectivity index (χ1) is 12.2. The molecule has 0 saturated heterocycles. The summed E-state index contributed by atoms with van der Waals surface area (Å²) < 4.78 is 7.92. The highest BCUT2D eigenvalue weighted by Gasteiger charge is 2.10. The molecule has 0 bridgehead atoms. The molecule has 25 heavy (non-hydrogen) atoms. The van der Waals surface area contributed by atoms with Crippen molar-refractivity contribution >= 4 is 33.3 Å². The van der Waals surface area contributed by atoms with Crippen molar-refractivity contribution in [2.45, 2.75) is 11.0 Å². The van der Waals surface area contributed by atoms with Crippen molar-refractivity contribution in [1.29, 1.82) is 0 Å². The largest absolute Gasteiger partial charge is 0.411 e. The van der Waals surface area contributed by atoms with Crippen LogP contribution in [0, 0.1) is 0 Å². The van der Waals surface area contributed by atoms with Gasteiger partial charge in [0.1, 0.15) is 5.65 Å². The fourth-order valence-corrected chi connectivity index (χ4v) is 3.20. The second-order valence-electron chi connectivity index (χ2n) is 5.06. The van der Waals surface area contributed by atoms with E-state index in [0.29, 0.717) is 28.2 Å². The van der Waals surface area contributed by atoms with E-state index in [1.807, 2.05) is 12.1 Å². The van der Waals surface area contributed by atoms with E-state index in [-0.39, 0.29) is 5.56 Å². The van der Waals surface area contributed by atoms with Crippen LogP contribution in [0.25, 0.3) is 17.1 Å². The van der Waals surface area contributed by atoms with Crippen LogP contribution < -0.4 is 5.56 Å². The van der Waals surface area contributed by atoms with E-state index in [1.165, 1.54) is 22.2 Å². The van der Waals surface area contributed by atoms with Gasteiger partial charge in [0.15, 0.2) is 0 Å². The Morgan fingerprint density at radius 1 is 1.24 bits per heavy atom. The Bertz CT molecular complexity index is 1100. The molecule has 0 radical (unpaired) electrons. The van der Waals surface area contributed by atoms with Crippen LogP contribution in [-0.2, 0) is 5.75 Å². The molecule has 4 rings (SSSR count). The van der Waals surface area contributed by atoms with Gasteiger partial charge in [-0.05, 0) is 40.2 Å². The molecule has 124 valence electrons. The molecule has 7 nitrogen and oxygen atoms in total. The number of thioether (sulfide) groups is 1. The van der Waals surface area contributed by atoms with Crippen molar-refractivity contribution in [3.63, 3.8) is 0 Å². The number of hydrogen-bond acceptors (Lipinski definition) is 7. The van der Waals surface area contributed by atoms with Crippen LogP contribution in [0.1, 0.15) is 5.69 Å². The Labute approximate surface area is 154 Å². The van der Waals surface area contributed by atoms with Crippen molar-refractivity contribution in [3.8, 4) is 11.5 Å². The predicted molar refractivity (Wildman–Crippen MR) is 96.3 cm³/mol. The molecule has 0 aliphatic heterocycles. The Balaban J connectivity index is 1.54. The van der Waals surface area contributed by atoms with Crippen molar-refractivity contribution < 1.29 is 4.42 Å². The Hall–Kier alpha value is -2.52.